The van der Waals surface area contributed by atoms with Gasteiger partial charge < -0.3 is 9.84 Å². The van der Waals surface area contributed by atoms with E-state index in [0.717, 1.165) is 17.9 Å². The molecule has 2 rings (SSSR count). The lowest BCUT2D eigenvalue weighted by molar-refractivity contribution is -0.146. The zero-order valence-electron chi connectivity index (χ0n) is 9.90. The first-order valence-electron chi connectivity index (χ1n) is 5.38. The molecule has 1 saturated heterocycles. The maximum Gasteiger partial charge on any atom is 0.352 e. The highest BCUT2D eigenvalue weighted by Crippen LogP contribution is 2.36. The molecule has 19 heavy (non-hydrogen) atoms. The van der Waals surface area contributed by atoms with Crippen LogP contribution in [0.25, 0.3) is 0 Å². The molecular weight excluding hydrogens is 278 g/mol. The fraction of sp³-hybridized carbons (Fsp3) is 0.500. The number of esters is 1. The zero-order valence-corrected chi connectivity index (χ0v) is 10.7. The Morgan fingerprint density at radius 3 is 2.63 bits per heavy atom. The van der Waals surface area contributed by atoms with Crippen molar-refractivity contribution < 1.29 is 32.6 Å². The Kier molecular flexibility index (Phi) is 3.09. The molecule has 0 bridgehead atoms. The lowest BCUT2D eigenvalue weighted by Gasteiger charge is -2.43. The molecule has 104 valence electrons. The summed E-state index contributed by atoms with van der Waals surface area (Å²) in [6.45, 7) is 0.670. The van der Waals surface area contributed by atoms with E-state index in [1.165, 1.54) is 0 Å². The van der Waals surface area contributed by atoms with Crippen LogP contribution in [0.1, 0.15) is 13.3 Å². The first-order chi connectivity index (χ1) is 8.75. The van der Waals surface area contributed by atoms with Gasteiger partial charge in [0.25, 0.3) is 0 Å². The third-order valence-electron chi connectivity index (χ3n) is 2.98. The average Bonchev–Trinajstić information content (AvgIpc) is 2.27. The van der Waals surface area contributed by atoms with Gasteiger partial charge in [-0.05, 0) is 6.08 Å². The first kappa shape index (κ1) is 13.5. The summed E-state index contributed by atoms with van der Waals surface area (Å²) < 4.78 is 28.8. The molecule has 1 N–H and O–H groups in total. The van der Waals surface area contributed by atoms with E-state index in [4.69, 9.17) is 5.11 Å². The molecule has 0 spiro atoms. The molecule has 0 aromatic rings. The minimum absolute atomic E-state index is 0.247. The van der Waals surface area contributed by atoms with Crippen molar-refractivity contribution in [2.75, 3.05) is 6.61 Å². The van der Waals surface area contributed by atoms with E-state index >= 15 is 0 Å². The van der Waals surface area contributed by atoms with Gasteiger partial charge >= 0.3 is 11.9 Å². The van der Waals surface area contributed by atoms with E-state index in [-0.39, 0.29) is 12.1 Å². The molecule has 9 heteroatoms. The molecule has 0 aromatic heterocycles. The molecule has 1 unspecified atom stereocenters. The summed E-state index contributed by atoms with van der Waals surface area (Å²) >= 11 is 0. The van der Waals surface area contributed by atoms with Crippen LogP contribution in [0.3, 0.4) is 0 Å². The molecule has 0 aliphatic carbocycles. The number of hydrogen-bond donors (Lipinski definition) is 1. The molecule has 0 aromatic carbocycles. The number of sulfone groups is 1. The van der Waals surface area contributed by atoms with E-state index in [1.54, 1.807) is 0 Å². The number of hydrogen-bond acceptors (Lipinski definition) is 6. The van der Waals surface area contributed by atoms with Crippen LogP contribution in [0.5, 0.6) is 0 Å². The van der Waals surface area contributed by atoms with Crippen molar-refractivity contribution >= 4 is 27.7 Å². The summed E-state index contributed by atoms with van der Waals surface area (Å²) in [6.07, 6.45) is 0.692. The Labute approximate surface area is 108 Å². The smallest absolute Gasteiger partial charge is 0.352 e. The third-order valence-corrected chi connectivity index (χ3v) is 5.23. The number of β-lactam (4-membered cyclic amide) rings is 1. The summed E-state index contributed by atoms with van der Waals surface area (Å²) in [5.41, 5.74) is -0.381. The summed E-state index contributed by atoms with van der Waals surface area (Å²) in [4.78, 5) is 33.8. The van der Waals surface area contributed by atoms with Crippen molar-refractivity contribution in [3.8, 4) is 0 Å². The maximum absolute atomic E-state index is 12.1. The van der Waals surface area contributed by atoms with Gasteiger partial charge in [-0.25, -0.2) is 13.2 Å². The minimum Gasteiger partial charge on any atom is -0.477 e. The highest BCUT2D eigenvalue weighted by atomic mass is 32.2. The number of carboxylic acid groups (broad SMARTS) is 1. The van der Waals surface area contributed by atoms with Gasteiger partial charge in [0.15, 0.2) is 9.84 Å². The summed E-state index contributed by atoms with van der Waals surface area (Å²) in [5.74, 6) is -2.60. The van der Waals surface area contributed by atoms with Crippen LogP contribution < -0.4 is 0 Å². The molecule has 2 atom stereocenters. The van der Waals surface area contributed by atoms with Crippen LogP contribution >= 0.6 is 0 Å². The van der Waals surface area contributed by atoms with Crippen molar-refractivity contribution in [3.63, 3.8) is 0 Å². The van der Waals surface area contributed by atoms with E-state index < -0.39 is 44.9 Å². The van der Waals surface area contributed by atoms with Crippen LogP contribution in [-0.2, 0) is 29.0 Å². The number of nitrogens with zero attached hydrogens (tertiary/aromatic N) is 1. The second-order valence-electron chi connectivity index (χ2n) is 4.21. The number of amides is 1. The number of aliphatic carboxylic acids is 1. The maximum atomic E-state index is 12.1. The summed E-state index contributed by atoms with van der Waals surface area (Å²) in [7, 11) is -3.77. The fourth-order valence-electron chi connectivity index (χ4n) is 2.01. The van der Waals surface area contributed by atoms with Gasteiger partial charge in [0, 0.05) is 6.92 Å². The largest absolute Gasteiger partial charge is 0.477 e. The van der Waals surface area contributed by atoms with Gasteiger partial charge in [-0.3, -0.25) is 14.5 Å². The van der Waals surface area contributed by atoms with Crippen LogP contribution in [-0.4, -0.2) is 53.5 Å². The normalized spacial score (nSPS) is 27.9. The lowest BCUT2D eigenvalue weighted by Crippen LogP contribution is -2.61. The Morgan fingerprint density at radius 1 is 1.53 bits per heavy atom. The fourth-order valence-corrected chi connectivity index (χ4v) is 3.89. The van der Waals surface area contributed by atoms with Crippen molar-refractivity contribution in [1.29, 1.82) is 0 Å². The van der Waals surface area contributed by atoms with Crippen molar-refractivity contribution in [2.45, 2.75) is 24.0 Å². The van der Waals surface area contributed by atoms with E-state index in [9.17, 15) is 22.8 Å². The predicted octanol–water partition coefficient (Wildman–Crippen LogP) is -1.13. The molecular formula is C10H11NO7S. The molecule has 0 saturated carbocycles. The Morgan fingerprint density at radius 2 is 2.16 bits per heavy atom. The SMILES string of the molecule is CC(=O)OCC1C=C(C(=O)O)N2C(=O)C[C@H]2S1(=O)=O. The Balaban J connectivity index is 2.37. The zero-order chi connectivity index (χ0) is 14.4. The first-order valence-corrected chi connectivity index (χ1v) is 6.99. The summed E-state index contributed by atoms with van der Waals surface area (Å²) in [6, 6.07) is 0. The predicted molar refractivity (Wildman–Crippen MR) is 60.3 cm³/mol. The third kappa shape index (κ3) is 2.09. The number of carboxylic acids is 1. The number of ether oxygens (including phenoxy) is 1. The second kappa shape index (κ2) is 4.34. The topological polar surface area (TPSA) is 118 Å². The van der Waals surface area contributed by atoms with E-state index in [2.05, 4.69) is 4.74 Å². The van der Waals surface area contributed by atoms with Gasteiger partial charge in [0.1, 0.15) is 22.9 Å². The molecule has 2 heterocycles. The second-order valence-corrected chi connectivity index (χ2v) is 6.54. The van der Waals surface area contributed by atoms with Crippen LogP contribution in [0.4, 0.5) is 0 Å². The lowest BCUT2D eigenvalue weighted by atomic mass is 10.1. The quantitative estimate of drug-likeness (QED) is 0.516. The van der Waals surface area contributed by atoms with Gasteiger partial charge in [0.05, 0.1) is 6.42 Å². The molecule has 2 aliphatic rings. The number of carbonyl (C=O) groups is 3. The van der Waals surface area contributed by atoms with Crippen LogP contribution in [0.15, 0.2) is 11.8 Å². The van der Waals surface area contributed by atoms with Crippen LogP contribution in [0, 0.1) is 0 Å². The van der Waals surface area contributed by atoms with Crippen molar-refractivity contribution in [3.05, 3.63) is 11.8 Å². The standard InChI is InChI=1S/C10H11NO7S/c1-5(12)18-4-6-2-7(10(14)15)11-8(13)3-9(11)19(6,16)17/h2,6,9H,3-4H2,1H3,(H,14,15)/t6?,9-/m1/s1. The minimum atomic E-state index is -3.77. The van der Waals surface area contributed by atoms with E-state index in [1.807, 2.05) is 0 Å². The van der Waals surface area contributed by atoms with Gasteiger partial charge in [0.2, 0.25) is 5.91 Å². The average molecular weight is 289 g/mol. The van der Waals surface area contributed by atoms with Gasteiger partial charge in [-0.15, -0.1) is 0 Å². The number of rotatable bonds is 3. The number of fused-ring (bicyclic) bond motifs is 1. The molecule has 2 aliphatic heterocycles. The van der Waals surface area contributed by atoms with Gasteiger partial charge in [-0.1, -0.05) is 0 Å². The van der Waals surface area contributed by atoms with Crippen molar-refractivity contribution in [1.82, 2.24) is 4.90 Å². The summed E-state index contributed by atoms with van der Waals surface area (Å²) in [5, 5.41) is 6.57. The van der Waals surface area contributed by atoms with Crippen LogP contribution in [0.2, 0.25) is 0 Å². The van der Waals surface area contributed by atoms with Gasteiger partial charge in [-0.2, -0.15) is 0 Å². The molecule has 8 nitrogen and oxygen atoms in total. The Hall–Kier alpha value is -1.90. The molecule has 0 radical (unpaired) electrons. The van der Waals surface area contributed by atoms with Crippen molar-refractivity contribution in [2.24, 2.45) is 0 Å². The van der Waals surface area contributed by atoms with E-state index in [0.29, 0.717) is 0 Å². The monoisotopic (exact) mass is 289 g/mol. The highest BCUT2D eigenvalue weighted by molar-refractivity contribution is 7.93. The Bertz CT molecular complexity index is 591. The molecule has 1 amide bonds. The molecule has 1 fully saturated rings. The highest BCUT2D eigenvalue weighted by Gasteiger charge is 2.54. The number of carbonyl (C=O) groups excluding carboxylic acids is 2.